The molecule has 4 aromatic rings. The topological polar surface area (TPSA) is 197 Å². The Kier molecular flexibility index (Phi) is 12.1. The van der Waals surface area contributed by atoms with Crippen LogP contribution in [0.3, 0.4) is 0 Å². The van der Waals surface area contributed by atoms with Gasteiger partial charge in [0.15, 0.2) is 5.82 Å². The molecule has 2 saturated heterocycles. The zero-order valence-corrected chi connectivity index (χ0v) is 31.5. The number of aryl methyl sites for hydroxylation is 1. The molecule has 0 saturated carbocycles. The highest BCUT2D eigenvalue weighted by Crippen LogP contribution is 2.30. The molecule has 57 heavy (non-hydrogen) atoms. The largest absolute Gasteiger partial charge is 0.463 e. The summed E-state index contributed by atoms with van der Waals surface area (Å²) in [5.74, 6) is -1.11. The number of fused-ring (bicyclic) bond motifs is 1. The van der Waals surface area contributed by atoms with Crippen LogP contribution in [0.5, 0.6) is 6.01 Å². The van der Waals surface area contributed by atoms with E-state index in [1.54, 1.807) is 24.4 Å². The normalized spacial score (nSPS) is 16.8. The number of nitrogens with one attached hydrogen (secondary N) is 4. The van der Waals surface area contributed by atoms with Gasteiger partial charge in [0.25, 0.3) is 11.8 Å². The third kappa shape index (κ3) is 9.77. The van der Waals surface area contributed by atoms with Crippen LogP contribution in [0.25, 0.3) is 0 Å². The Balaban J connectivity index is 0.855. The van der Waals surface area contributed by atoms with E-state index in [2.05, 4.69) is 41.3 Å². The number of imide groups is 2. The van der Waals surface area contributed by atoms with Crippen molar-refractivity contribution in [3.05, 3.63) is 101 Å². The number of piperidine rings is 1. The first-order chi connectivity index (χ1) is 27.7. The van der Waals surface area contributed by atoms with Gasteiger partial charge in [-0.05, 0) is 61.2 Å². The number of hydrazone groups is 1. The molecule has 16 nitrogen and oxygen atoms in total. The van der Waals surface area contributed by atoms with Gasteiger partial charge in [0.2, 0.25) is 17.7 Å². The molecule has 3 aliphatic rings. The van der Waals surface area contributed by atoms with Gasteiger partial charge in [-0.3, -0.25) is 39.6 Å². The molecule has 0 radical (unpaired) electrons. The van der Waals surface area contributed by atoms with E-state index in [4.69, 9.17) is 9.47 Å². The first-order valence-electron chi connectivity index (χ1n) is 18.9. The summed E-state index contributed by atoms with van der Waals surface area (Å²) in [6, 6.07) is 21.4. The van der Waals surface area contributed by atoms with E-state index in [0.29, 0.717) is 69.5 Å². The van der Waals surface area contributed by atoms with E-state index in [1.165, 1.54) is 0 Å². The summed E-state index contributed by atoms with van der Waals surface area (Å²) in [6.07, 6.45) is 3.25. The molecule has 3 aliphatic heterocycles. The van der Waals surface area contributed by atoms with Crippen LogP contribution in [0.15, 0.2) is 77.9 Å². The van der Waals surface area contributed by atoms with E-state index in [9.17, 15) is 24.0 Å². The predicted octanol–water partition coefficient (Wildman–Crippen LogP) is 3.92. The van der Waals surface area contributed by atoms with Crippen LogP contribution in [0.2, 0.25) is 0 Å². The lowest BCUT2D eigenvalue weighted by Gasteiger charge is -2.28. The van der Waals surface area contributed by atoms with Gasteiger partial charge < -0.3 is 25.0 Å². The Labute approximate surface area is 329 Å². The molecule has 3 aromatic carbocycles. The summed E-state index contributed by atoms with van der Waals surface area (Å²) in [5, 5.41) is 12.7. The quantitative estimate of drug-likeness (QED) is 0.0589. The summed E-state index contributed by atoms with van der Waals surface area (Å²) in [6.45, 7) is 5.46. The lowest BCUT2D eigenvalue weighted by molar-refractivity contribution is -0.136. The number of hydrogen-bond donors (Lipinski definition) is 4. The lowest BCUT2D eigenvalue weighted by Crippen LogP contribution is -2.54. The van der Waals surface area contributed by atoms with Gasteiger partial charge in [-0.25, -0.2) is 0 Å². The highest BCUT2D eigenvalue weighted by atomic mass is 16.5. The molecule has 0 aliphatic carbocycles. The van der Waals surface area contributed by atoms with Crippen LogP contribution >= 0.6 is 0 Å². The van der Waals surface area contributed by atoms with Crippen molar-refractivity contribution in [3.8, 4) is 6.01 Å². The fourth-order valence-corrected chi connectivity index (χ4v) is 6.71. The molecular formula is C41H43N9O7. The van der Waals surface area contributed by atoms with Crippen LogP contribution in [-0.2, 0) is 25.5 Å². The number of rotatable bonds is 15. The molecule has 1 aromatic heterocycles. The second kappa shape index (κ2) is 17.8. The molecular weight excluding hydrogens is 731 g/mol. The van der Waals surface area contributed by atoms with Gasteiger partial charge >= 0.3 is 6.01 Å². The minimum absolute atomic E-state index is 0.0559. The molecule has 7 rings (SSSR count). The van der Waals surface area contributed by atoms with Crippen LogP contribution in [0.1, 0.15) is 63.1 Å². The number of carbonyl (C=O) groups is 5. The van der Waals surface area contributed by atoms with Crippen LogP contribution in [0.4, 0.5) is 23.0 Å². The van der Waals surface area contributed by atoms with Crippen molar-refractivity contribution in [3.63, 3.8) is 0 Å². The third-order valence-electron chi connectivity index (χ3n) is 9.67. The third-order valence-corrected chi connectivity index (χ3v) is 9.67. The smallest absolute Gasteiger partial charge is 0.320 e. The Hall–Kier alpha value is -6.68. The molecule has 0 bridgehead atoms. The fraction of sp³-hybridized carbons (Fsp3) is 0.317. The standard InChI is InChI=1S/C41H43N9O7/c1-26-4-2-5-28(22-26)25-43-48-34-24-35(49-17-20-56-21-18-49)46-41(45-34)57-19-15-27-7-9-29(10-8-27)44-36(51)6-3-16-42-30-11-12-31-32(23-30)40(55)50(39(31)54)33-13-14-37(52)47-38(33)53/h2,4-5,7-12,22-25,33,42H,3,6,13-21H2,1H3,(H,44,51)(H,45,46,48)(H,47,52,53)/b43-25+. The van der Waals surface area contributed by atoms with E-state index >= 15 is 0 Å². The number of ether oxygens (including phenoxy) is 2. The molecule has 1 unspecified atom stereocenters. The molecule has 16 heteroatoms. The van der Waals surface area contributed by atoms with Crippen molar-refractivity contribution in [2.45, 2.75) is 45.1 Å². The summed E-state index contributed by atoms with van der Waals surface area (Å²) >= 11 is 0. The minimum Gasteiger partial charge on any atom is -0.463 e. The Bertz CT molecular complexity index is 2190. The molecule has 4 N–H and O–H groups in total. The molecule has 0 spiro atoms. The van der Waals surface area contributed by atoms with Crippen molar-refractivity contribution in [1.82, 2.24) is 20.2 Å². The van der Waals surface area contributed by atoms with E-state index in [0.717, 1.165) is 27.4 Å². The number of amides is 5. The second-order valence-corrected chi connectivity index (χ2v) is 13.9. The van der Waals surface area contributed by atoms with Crippen molar-refractivity contribution in [2.24, 2.45) is 5.10 Å². The van der Waals surface area contributed by atoms with Gasteiger partial charge in [0.1, 0.15) is 11.9 Å². The maximum Gasteiger partial charge on any atom is 0.320 e. The number of carbonyl (C=O) groups excluding carboxylic acids is 5. The number of benzene rings is 3. The molecule has 5 amide bonds. The van der Waals surface area contributed by atoms with E-state index in [-0.39, 0.29) is 42.3 Å². The maximum absolute atomic E-state index is 13.1. The summed E-state index contributed by atoms with van der Waals surface area (Å²) in [7, 11) is 0. The first kappa shape index (κ1) is 38.6. The van der Waals surface area contributed by atoms with Crippen molar-refractivity contribution >= 4 is 58.8 Å². The zero-order valence-electron chi connectivity index (χ0n) is 31.5. The number of aromatic nitrogens is 2. The second-order valence-electron chi connectivity index (χ2n) is 13.9. The fourth-order valence-electron chi connectivity index (χ4n) is 6.71. The van der Waals surface area contributed by atoms with Gasteiger partial charge in [-0.1, -0.05) is 42.0 Å². The number of hydrogen-bond acceptors (Lipinski definition) is 13. The number of morpholine rings is 1. The van der Waals surface area contributed by atoms with E-state index in [1.807, 2.05) is 61.5 Å². The van der Waals surface area contributed by atoms with Crippen LogP contribution in [-0.4, -0.2) is 96.1 Å². The minimum atomic E-state index is -1.02. The monoisotopic (exact) mass is 773 g/mol. The average Bonchev–Trinajstić information content (AvgIpc) is 3.45. The average molecular weight is 774 g/mol. The van der Waals surface area contributed by atoms with Crippen LogP contribution in [0, 0.1) is 6.92 Å². The van der Waals surface area contributed by atoms with Gasteiger partial charge in [0.05, 0.1) is 37.2 Å². The first-order valence-corrected chi connectivity index (χ1v) is 18.9. The molecule has 4 heterocycles. The number of nitrogens with zero attached hydrogens (tertiary/aromatic N) is 5. The highest BCUT2D eigenvalue weighted by Gasteiger charge is 2.44. The zero-order chi connectivity index (χ0) is 39.7. The van der Waals surface area contributed by atoms with E-state index < -0.39 is 29.7 Å². The summed E-state index contributed by atoms with van der Waals surface area (Å²) < 4.78 is 11.5. The van der Waals surface area contributed by atoms with Crippen molar-refractivity contribution in [1.29, 1.82) is 0 Å². The van der Waals surface area contributed by atoms with Crippen molar-refractivity contribution < 1.29 is 33.4 Å². The van der Waals surface area contributed by atoms with Gasteiger partial charge in [0, 0.05) is 56.3 Å². The summed E-state index contributed by atoms with van der Waals surface area (Å²) in [5.41, 5.74) is 7.81. The Morgan fingerprint density at radius 2 is 1.75 bits per heavy atom. The number of anilines is 4. The Morgan fingerprint density at radius 1 is 0.965 bits per heavy atom. The SMILES string of the molecule is Cc1cccc(/C=N/Nc2cc(N3CCOCC3)nc(OCCc3ccc(NC(=O)CCCNc4ccc5c(c4)C(=O)N(C4CCC(=O)NC4=O)C5=O)cc3)n2)c1. The maximum atomic E-state index is 13.1. The summed E-state index contributed by atoms with van der Waals surface area (Å²) in [4.78, 5) is 74.8. The van der Waals surface area contributed by atoms with Gasteiger partial charge in [-0.2, -0.15) is 15.1 Å². The molecule has 294 valence electrons. The lowest BCUT2D eigenvalue weighted by atomic mass is 10.0. The molecule has 2 fully saturated rings. The highest BCUT2D eigenvalue weighted by molar-refractivity contribution is 6.23. The molecule has 1 atom stereocenters. The Morgan fingerprint density at radius 3 is 2.54 bits per heavy atom. The van der Waals surface area contributed by atoms with Crippen LogP contribution < -0.4 is 31.0 Å². The van der Waals surface area contributed by atoms with Gasteiger partial charge in [-0.15, -0.1) is 0 Å². The van der Waals surface area contributed by atoms with Crippen molar-refractivity contribution in [2.75, 3.05) is 60.4 Å². The predicted molar refractivity (Wildman–Crippen MR) is 213 cm³/mol.